The predicted molar refractivity (Wildman–Crippen MR) is 124 cm³/mol. The van der Waals surface area contributed by atoms with Gasteiger partial charge < -0.3 is 14.8 Å². The standard InChI is InChI=1S/C26H22N4O3/c1-32-25(31)22-23(19-10-6-3-7-11-19)29-26-27-17-28-30(26)24(22)20-12-14-21(15-13-20)33-16-18-8-4-2-5-9-18/h2-15,17,24H,16H2,1H3,(H,27,28,29)/t24-/m1/s1. The number of carbonyl (C=O) groups is 1. The van der Waals surface area contributed by atoms with E-state index in [4.69, 9.17) is 9.47 Å². The lowest BCUT2D eigenvalue weighted by Gasteiger charge is -2.29. The third-order valence-electron chi connectivity index (χ3n) is 5.51. The van der Waals surface area contributed by atoms with Crippen molar-refractivity contribution in [1.29, 1.82) is 0 Å². The van der Waals surface area contributed by atoms with Gasteiger partial charge in [-0.2, -0.15) is 10.1 Å². The van der Waals surface area contributed by atoms with Crippen LogP contribution in [0.2, 0.25) is 0 Å². The Kier molecular flexibility index (Phi) is 5.59. The van der Waals surface area contributed by atoms with Crippen LogP contribution in [-0.2, 0) is 16.1 Å². The van der Waals surface area contributed by atoms with Gasteiger partial charge in [-0.25, -0.2) is 9.48 Å². The minimum atomic E-state index is -0.505. The second-order valence-corrected chi connectivity index (χ2v) is 7.55. The molecule has 0 saturated carbocycles. The minimum absolute atomic E-state index is 0.433. The van der Waals surface area contributed by atoms with Crippen LogP contribution < -0.4 is 10.1 Å². The second kappa shape index (κ2) is 9.00. The Bertz CT molecular complexity index is 1280. The Morgan fingerprint density at radius 2 is 1.67 bits per heavy atom. The summed E-state index contributed by atoms with van der Waals surface area (Å²) in [7, 11) is 1.38. The molecule has 0 amide bonds. The third-order valence-corrected chi connectivity index (χ3v) is 5.51. The number of aromatic nitrogens is 3. The average molecular weight is 438 g/mol. The maximum atomic E-state index is 13.0. The van der Waals surface area contributed by atoms with Crippen LogP contribution in [-0.4, -0.2) is 27.8 Å². The largest absolute Gasteiger partial charge is 0.489 e. The number of nitrogens with zero attached hydrogens (tertiary/aromatic N) is 3. The summed E-state index contributed by atoms with van der Waals surface area (Å²) < 4.78 is 12.8. The van der Waals surface area contributed by atoms with E-state index in [0.29, 0.717) is 23.8 Å². The first-order valence-corrected chi connectivity index (χ1v) is 10.6. The predicted octanol–water partition coefficient (Wildman–Crippen LogP) is 4.46. The van der Waals surface area contributed by atoms with E-state index in [0.717, 1.165) is 22.4 Å². The van der Waals surface area contributed by atoms with Gasteiger partial charge in [-0.3, -0.25) is 0 Å². The number of methoxy groups -OCH3 is 1. The fourth-order valence-corrected chi connectivity index (χ4v) is 3.92. The van der Waals surface area contributed by atoms with Gasteiger partial charge in [0.1, 0.15) is 24.7 Å². The highest BCUT2D eigenvalue weighted by atomic mass is 16.5. The average Bonchev–Trinajstić information content (AvgIpc) is 3.36. The summed E-state index contributed by atoms with van der Waals surface area (Å²) in [6.45, 7) is 0.478. The molecule has 164 valence electrons. The summed E-state index contributed by atoms with van der Waals surface area (Å²) in [5, 5.41) is 7.63. The molecule has 0 radical (unpaired) electrons. The molecule has 0 unspecified atom stereocenters. The van der Waals surface area contributed by atoms with Crippen molar-refractivity contribution in [2.24, 2.45) is 0 Å². The van der Waals surface area contributed by atoms with Gasteiger partial charge in [0.2, 0.25) is 5.95 Å². The number of ether oxygens (including phenoxy) is 2. The van der Waals surface area contributed by atoms with Crippen molar-refractivity contribution in [2.45, 2.75) is 12.6 Å². The molecule has 0 spiro atoms. The highest BCUT2D eigenvalue weighted by Gasteiger charge is 2.35. The molecule has 1 aliphatic rings. The number of esters is 1. The molecule has 1 aromatic heterocycles. The highest BCUT2D eigenvalue weighted by Crippen LogP contribution is 2.39. The Hall–Kier alpha value is -4.39. The molecule has 1 aliphatic heterocycles. The third kappa shape index (κ3) is 4.08. The zero-order valence-corrected chi connectivity index (χ0v) is 18.0. The van der Waals surface area contributed by atoms with Gasteiger partial charge in [0, 0.05) is 0 Å². The van der Waals surface area contributed by atoms with E-state index >= 15 is 0 Å². The van der Waals surface area contributed by atoms with Gasteiger partial charge in [-0.1, -0.05) is 72.8 Å². The minimum Gasteiger partial charge on any atom is -0.489 e. The number of hydrogen-bond acceptors (Lipinski definition) is 6. The molecule has 7 heteroatoms. The van der Waals surface area contributed by atoms with E-state index in [1.807, 2.05) is 84.9 Å². The number of hydrogen-bond donors (Lipinski definition) is 1. The molecule has 0 saturated heterocycles. The van der Waals surface area contributed by atoms with Crippen LogP contribution in [0, 0.1) is 0 Å². The molecular formula is C26H22N4O3. The lowest BCUT2D eigenvalue weighted by Crippen LogP contribution is -2.29. The van der Waals surface area contributed by atoms with Crippen LogP contribution in [0.4, 0.5) is 5.95 Å². The summed E-state index contributed by atoms with van der Waals surface area (Å²) in [5.74, 6) is 0.857. The zero-order valence-electron chi connectivity index (χ0n) is 18.0. The molecule has 33 heavy (non-hydrogen) atoms. The van der Waals surface area contributed by atoms with Crippen molar-refractivity contribution in [3.8, 4) is 5.75 Å². The maximum absolute atomic E-state index is 13.0. The van der Waals surface area contributed by atoms with Crippen molar-refractivity contribution in [2.75, 3.05) is 12.4 Å². The van der Waals surface area contributed by atoms with Crippen LogP contribution in [0.5, 0.6) is 5.75 Å². The van der Waals surface area contributed by atoms with Gasteiger partial charge in [-0.15, -0.1) is 0 Å². The van der Waals surface area contributed by atoms with Crippen LogP contribution in [0.3, 0.4) is 0 Å². The van der Waals surface area contributed by atoms with Crippen LogP contribution in [0.25, 0.3) is 5.70 Å². The number of rotatable bonds is 6. The number of carbonyl (C=O) groups excluding carboxylic acids is 1. The van der Waals surface area contributed by atoms with Crippen molar-refractivity contribution < 1.29 is 14.3 Å². The number of fused-ring (bicyclic) bond motifs is 1. The first-order chi connectivity index (χ1) is 16.2. The number of nitrogens with one attached hydrogen (secondary N) is 1. The summed E-state index contributed by atoms with van der Waals surface area (Å²) in [4.78, 5) is 17.3. The van der Waals surface area contributed by atoms with E-state index in [9.17, 15) is 4.79 Å². The topological polar surface area (TPSA) is 78.3 Å². The Morgan fingerprint density at radius 3 is 2.36 bits per heavy atom. The van der Waals surface area contributed by atoms with E-state index in [2.05, 4.69) is 15.4 Å². The van der Waals surface area contributed by atoms with Gasteiger partial charge in [0.05, 0.1) is 18.4 Å². The molecule has 4 aromatic rings. The Labute approximate surface area is 191 Å². The molecule has 1 atom stereocenters. The van der Waals surface area contributed by atoms with Crippen LogP contribution >= 0.6 is 0 Å². The molecule has 3 aromatic carbocycles. The van der Waals surface area contributed by atoms with Crippen molar-refractivity contribution in [1.82, 2.24) is 14.8 Å². The lowest BCUT2D eigenvalue weighted by atomic mass is 9.93. The Balaban J connectivity index is 1.52. The molecule has 2 heterocycles. The van der Waals surface area contributed by atoms with E-state index in [-0.39, 0.29) is 0 Å². The SMILES string of the molecule is COC(=O)C1=C(c2ccccc2)Nc2ncnn2[C@@H]1c1ccc(OCc2ccccc2)cc1. The van der Waals surface area contributed by atoms with E-state index < -0.39 is 12.0 Å². The summed E-state index contributed by atoms with van der Waals surface area (Å²) >= 11 is 0. The van der Waals surface area contributed by atoms with Crippen molar-refractivity contribution in [3.63, 3.8) is 0 Å². The van der Waals surface area contributed by atoms with Gasteiger partial charge in [0.15, 0.2) is 0 Å². The molecule has 1 N–H and O–H groups in total. The van der Waals surface area contributed by atoms with E-state index in [1.54, 1.807) is 4.68 Å². The number of benzene rings is 3. The second-order valence-electron chi connectivity index (χ2n) is 7.55. The van der Waals surface area contributed by atoms with Gasteiger partial charge in [0.25, 0.3) is 0 Å². The maximum Gasteiger partial charge on any atom is 0.338 e. The normalized spacial score (nSPS) is 14.9. The van der Waals surface area contributed by atoms with Gasteiger partial charge in [-0.05, 0) is 28.8 Å². The molecule has 0 bridgehead atoms. The first kappa shape index (κ1) is 20.5. The smallest absolute Gasteiger partial charge is 0.338 e. The first-order valence-electron chi connectivity index (χ1n) is 10.6. The van der Waals surface area contributed by atoms with Crippen LogP contribution in [0.15, 0.2) is 96.8 Å². The summed E-state index contributed by atoms with van der Waals surface area (Å²) in [6.07, 6.45) is 1.47. The molecule has 0 fully saturated rings. The molecule has 0 aliphatic carbocycles. The number of anilines is 1. The van der Waals surface area contributed by atoms with E-state index in [1.165, 1.54) is 13.4 Å². The Morgan fingerprint density at radius 1 is 0.970 bits per heavy atom. The monoisotopic (exact) mass is 438 g/mol. The van der Waals surface area contributed by atoms with Crippen molar-refractivity contribution >= 4 is 17.6 Å². The zero-order chi connectivity index (χ0) is 22.6. The van der Waals surface area contributed by atoms with Crippen molar-refractivity contribution in [3.05, 3.63) is 114 Å². The highest BCUT2D eigenvalue weighted by molar-refractivity contribution is 6.02. The lowest BCUT2D eigenvalue weighted by molar-refractivity contribution is -0.136. The quantitative estimate of drug-likeness (QED) is 0.448. The fourth-order valence-electron chi connectivity index (χ4n) is 3.92. The molecule has 5 rings (SSSR count). The molecule has 7 nitrogen and oxygen atoms in total. The van der Waals surface area contributed by atoms with Crippen LogP contribution in [0.1, 0.15) is 22.7 Å². The summed E-state index contributed by atoms with van der Waals surface area (Å²) in [5.41, 5.74) is 3.93. The summed E-state index contributed by atoms with van der Waals surface area (Å²) in [6, 6.07) is 26.8. The molecular weight excluding hydrogens is 416 g/mol. The van der Waals surface area contributed by atoms with Gasteiger partial charge >= 0.3 is 5.97 Å². The fraction of sp³-hybridized carbons (Fsp3) is 0.115.